The Hall–Kier alpha value is -0.900. The first-order valence-corrected chi connectivity index (χ1v) is 4.97. The molecule has 2 bridgehead atoms. The molecule has 3 atom stereocenters. The van der Waals surface area contributed by atoms with Crippen molar-refractivity contribution >= 4 is 11.8 Å². The minimum absolute atomic E-state index is 0.0578. The van der Waals surface area contributed by atoms with Gasteiger partial charge in [-0.3, -0.25) is 14.5 Å². The summed E-state index contributed by atoms with van der Waals surface area (Å²) >= 11 is 0. The molecule has 2 rings (SSSR count). The number of ketones is 1. The van der Waals surface area contributed by atoms with E-state index in [1.54, 1.807) is 0 Å². The number of Topliss-reactive ketones (excluding diaryl/α,β-unsaturated/α-hetero) is 1. The third-order valence-corrected chi connectivity index (χ3v) is 3.52. The Morgan fingerprint density at radius 3 is 2.86 bits per heavy atom. The van der Waals surface area contributed by atoms with E-state index in [-0.39, 0.29) is 17.8 Å². The monoisotopic (exact) mass is 197 g/mol. The molecule has 0 spiro atoms. The van der Waals surface area contributed by atoms with E-state index >= 15 is 0 Å². The van der Waals surface area contributed by atoms with E-state index in [9.17, 15) is 9.59 Å². The quantitative estimate of drug-likeness (QED) is 0.445. The molecule has 78 valence electrons. The largest absolute Gasteiger partial charge is 0.468 e. The van der Waals surface area contributed by atoms with E-state index in [0.717, 1.165) is 12.8 Å². The van der Waals surface area contributed by atoms with Crippen LogP contribution < -0.4 is 0 Å². The van der Waals surface area contributed by atoms with Crippen molar-refractivity contribution < 1.29 is 14.3 Å². The van der Waals surface area contributed by atoms with Crippen LogP contribution >= 0.6 is 0 Å². The summed E-state index contributed by atoms with van der Waals surface area (Å²) in [5.74, 6) is -0.849. The first-order chi connectivity index (χ1) is 6.65. The molecule has 0 saturated carbocycles. The molecule has 0 radical (unpaired) electrons. The second-order valence-corrected chi connectivity index (χ2v) is 4.14. The summed E-state index contributed by atoms with van der Waals surface area (Å²) in [6, 6.07) is 0.433. The van der Waals surface area contributed by atoms with Crippen LogP contribution in [0.5, 0.6) is 0 Å². The molecule has 2 heterocycles. The highest BCUT2D eigenvalue weighted by molar-refractivity contribution is 6.00. The van der Waals surface area contributed by atoms with Crippen LogP contribution in [0.2, 0.25) is 0 Å². The number of piperidine rings is 1. The number of ether oxygens (including phenoxy) is 1. The second-order valence-electron chi connectivity index (χ2n) is 4.14. The molecule has 0 N–H and O–H groups in total. The zero-order valence-electron chi connectivity index (χ0n) is 8.53. The fourth-order valence-corrected chi connectivity index (χ4v) is 2.68. The van der Waals surface area contributed by atoms with Gasteiger partial charge in [0, 0.05) is 18.5 Å². The summed E-state index contributed by atoms with van der Waals surface area (Å²) in [5, 5.41) is 0. The molecule has 2 saturated heterocycles. The summed E-state index contributed by atoms with van der Waals surface area (Å²) < 4.78 is 4.67. The lowest BCUT2D eigenvalue weighted by molar-refractivity contribution is -0.154. The molecular weight excluding hydrogens is 182 g/mol. The zero-order valence-corrected chi connectivity index (χ0v) is 8.53. The fourth-order valence-electron chi connectivity index (χ4n) is 2.68. The number of esters is 1. The molecule has 4 nitrogen and oxygen atoms in total. The molecule has 1 unspecified atom stereocenters. The Labute approximate surface area is 83.2 Å². The lowest BCUT2D eigenvalue weighted by atomic mass is 9.89. The maximum atomic E-state index is 11.7. The molecule has 2 aliphatic heterocycles. The molecule has 2 aliphatic rings. The molecule has 0 aromatic carbocycles. The van der Waals surface area contributed by atoms with Crippen molar-refractivity contribution in [1.82, 2.24) is 4.90 Å². The Balaban J connectivity index is 2.22. The third kappa shape index (κ3) is 1.25. The minimum Gasteiger partial charge on any atom is -0.468 e. The maximum absolute atomic E-state index is 11.7. The summed E-state index contributed by atoms with van der Waals surface area (Å²) in [6.07, 6.45) is 2.47. The van der Waals surface area contributed by atoms with Crippen molar-refractivity contribution in [3.8, 4) is 0 Å². The Morgan fingerprint density at radius 1 is 1.50 bits per heavy atom. The van der Waals surface area contributed by atoms with Crippen LogP contribution in [0.3, 0.4) is 0 Å². The summed E-state index contributed by atoms with van der Waals surface area (Å²) in [6.45, 7) is 0. The van der Waals surface area contributed by atoms with Crippen LogP contribution in [-0.2, 0) is 14.3 Å². The number of carbonyl (C=O) groups excluding carboxylic acids is 2. The number of rotatable bonds is 1. The van der Waals surface area contributed by atoms with Crippen molar-refractivity contribution in [3.05, 3.63) is 0 Å². The minimum atomic E-state index is -0.538. The highest BCUT2D eigenvalue weighted by atomic mass is 16.5. The van der Waals surface area contributed by atoms with Gasteiger partial charge in [-0.05, 0) is 19.9 Å². The van der Waals surface area contributed by atoms with Gasteiger partial charge in [-0.15, -0.1) is 0 Å². The Kier molecular flexibility index (Phi) is 2.31. The van der Waals surface area contributed by atoms with E-state index in [4.69, 9.17) is 0 Å². The number of hydrogen-bond donors (Lipinski definition) is 0. The summed E-state index contributed by atoms with van der Waals surface area (Å²) in [7, 11) is 3.33. The fraction of sp³-hybridized carbons (Fsp3) is 0.800. The average Bonchev–Trinajstić information content (AvgIpc) is 2.42. The van der Waals surface area contributed by atoms with Crippen molar-refractivity contribution in [2.24, 2.45) is 5.92 Å². The lowest BCUT2D eigenvalue weighted by Gasteiger charge is -2.34. The first-order valence-electron chi connectivity index (χ1n) is 4.97. The van der Waals surface area contributed by atoms with Crippen LogP contribution in [0.1, 0.15) is 19.3 Å². The van der Waals surface area contributed by atoms with E-state index < -0.39 is 5.92 Å². The number of fused-ring (bicyclic) bond motifs is 2. The maximum Gasteiger partial charge on any atom is 0.317 e. The Bertz CT molecular complexity index is 277. The zero-order chi connectivity index (χ0) is 10.3. The topological polar surface area (TPSA) is 46.6 Å². The molecule has 4 heteroatoms. The lowest BCUT2D eigenvalue weighted by Crippen LogP contribution is -2.50. The van der Waals surface area contributed by atoms with Gasteiger partial charge in [0.25, 0.3) is 0 Å². The molecular formula is C10H15NO3. The standard InChI is InChI=1S/C10H15NO3/c1-11-6-3-4-7(11)9(8(12)5-6)10(13)14-2/h6-7,9H,3-5H2,1-2H3/t6-,7+,9?/m1/s1. The van der Waals surface area contributed by atoms with Gasteiger partial charge in [-0.1, -0.05) is 0 Å². The van der Waals surface area contributed by atoms with Gasteiger partial charge in [0.1, 0.15) is 11.7 Å². The third-order valence-electron chi connectivity index (χ3n) is 3.52. The molecule has 0 aromatic rings. The van der Waals surface area contributed by atoms with Crippen LogP contribution in [0, 0.1) is 5.92 Å². The molecule has 0 amide bonds. The highest BCUT2D eigenvalue weighted by Crippen LogP contribution is 2.36. The normalized spacial score (nSPS) is 37.3. The second kappa shape index (κ2) is 3.35. The van der Waals surface area contributed by atoms with Crippen molar-refractivity contribution in [1.29, 1.82) is 0 Å². The molecule has 0 aliphatic carbocycles. The number of nitrogens with zero attached hydrogens (tertiary/aromatic N) is 1. The Morgan fingerprint density at radius 2 is 2.21 bits per heavy atom. The van der Waals surface area contributed by atoms with E-state index in [1.165, 1.54) is 7.11 Å². The van der Waals surface area contributed by atoms with Gasteiger partial charge in [0.05, 0.1) is 7.11 Å². The van der Waals surface area contributed by atoms with Gasteiger partial charge in [-0.2, -0.15) is 0 Å². The molecule has 0 aromatic heterocycles. The van der Waals surface area contributed by atoms with Crippen LogP contribution in [0.25, 0.3) is 0 Å². The number of methoxy groups -OCH3 is 1. The number of carbonyl (C=O) groups is 2. The van der Waals surface area contributed by atoms with Gasteiger partial charge >= 0.3 is 5.97 Å². The van der Waals surface area contributed by atoms with Gasteiger partial charge in [-0.25, -0.2) is 0 Å². The predicted octanol–water partition coefficient (Wildman–Crippen LogP) is 0.211. The van der Waals surface area contributed by atoms with E-state index in [0.29, 0.717) is 12.5 Å². The highest BCUT2D eigenvalue weighted by Gasteiger charge is 2.48. The van der Waals surface area contributed by atoms with Crippen molar-refractivity contribution in [3.63, 3.8) is 0 Å². The van der Waals surface area contributed by atoms with Gasteiger partial charge in [0.15, 0.2) is 0 Å². The van der Waals surface area contributed by atoms with E-state index in [1.807, 2.05) is 7.05 Å². The van der Waals surface area contributed by atoms with E-state index in [2.05, 4.69) is 9.64 Å². The van der Waals surface area contributed by atoms with Crippen LogP contribution in [0.15, 0.2) is 0 Å². The summed E-state index contributed by atoms with van der Waals surface area (Å²) in [4.78, 5) is 25.3. The molecule has 2 fully saturated rings. The van der Waals surface area contributed by atoms with Crippen LogP contribution in [-0.4, -0.2) is 42.9 Å². The molecule has 14 heavy (non-hydrogen) atoms. The van der Waals surface area contributed by atoms with Gasteiger partial charge < -0.3 is 4.74 Å². The smallest absolute Gasteiger partial charge is 0.317 e. The first kappa shape index (κ1) is 9.65. The summed E-state index contributed by atoms with van der Waals surface area (Å²) in [5.41, 5.74) is 0. The predicted molar refractivity (Wildman–Crippen MR) is 49.7 cm³/mol. The van der Waals surface area contributed by atoms with Crippen molar-refractivity contribution in [2.75, 3.05) is 14.2 Å². The van der Waals surface area contributed by atoms with Gasteiger partial charge in [0.2, 0.25) is 0 Å². The average molecular weight is 197 g/mol. The number of hydrogen-bond acceptors (Lipinski definition) is 4. The SMILES string of the molecule is COC(=O)C1C(=O)C[C@H]2CC[C@@H]1N2C. The van der Waals surface area contributed by atoms with Crippen molar-refractivity contribution in [2.45, 2.75) is 31.3 Å². The van der Waals surface area contributed by atoms with Crippen LogP contribution in [0.4, 0.5) is 0 Å².